The van der Waals surface area contributed by atoms with Crippen molar-refractivity contribution >= 4 is 11.3 Å². The molecule has 0 fully saturated rings. The molecule has 0 aliphatic rings. The summed E-state index contributed by atoms with van der Waals surface area (Å²) in [5.41, 5.74) is 1.37. The smallest absolute Gasteiger partial charge is 0.00453 e. The normalized spacial score (nSPS) is 10.0. The molecule has 49 valence electrons. The fourth-order valence-corrected chi connectivity index (χ4v) is 1.62. The lowest BCUT2D eigenvalue weighted by Gasteiger charge is -1.83. The molecule has 9 heavy (non-hydrogen) atoms. The van der Waals surface area contributed by atoms with Gasteiger partial charge < -0.3 is 0 Å². The van der Waals surface area contributed by atoms with Crippen LogP contribution in [0, 0.1) is 6.92 Å². The van der Waals surface area contributed by atoms with Crippen LogP contribution in [0.3, 0.4) is 0 Å². The molecule has 0 aliphatic carbocycles. The first-order valence-electron chi connectivity index (χ1n) is 3.22. The molecule has 1 heterocycles. The van der Waals surface area contributed by atoms with Gasteiger partial charge in [0.25, 0.3) is 0 Å². The standard InChI is InChI=1S/C8H11S/c1-3-7-5-8(4-2)9-6-7/h5-6H,1,3-4H2,2H3. The van der Waals surface area contributed by atoms with Crippen LogP contribution in [0.5, 0.6) is 0 Å². The van der Waals surface area contributed by atoms with Gasteiger partial charge in [-0.1, -0.05) is 6.92 Å². The van der Waals surface area contributed by atoms with E-state index in [-0.39, 0.29) is 0 Å². The highest BCUT2D eigenvalue weighted by molar-refractivity contribution is 7.10. The molecule has 0 N–H and O–H groups in total. The summed E-state index contributed by atoms with van der Waals surface area (Å²) in [6, 6.07) is 2.23. The van der Waals surface area contributed by atoms with Gasteiger partial charge in [0.05, 0.1) is 0 Å². The maximum atomic E-state index is 3.81. The molecule has 0 nitrogen and oxygen atoms in total. The number of hydrogen-bond acceptors (Lipinski definition) is 1. The fraction of sp³-hybridized carbons (Fsp3) is 0.375. The van der Waals surface area contributed by atoms with Gasteiger partial charge in [-0.15, -0.1) is 11.3 Å². The Balaban J connectivity index is 2.74. The maximum absolute atomic E-state index is 3.81. The first kappa shape index (κ1) is 6.81. The van der Waals surface area contributed by atoms with Crippen molar-refractivity contribution in [3.05, 3.63) is 28.8 Å². The van der Waals surface area contributed by atoms with Gasteiger partial charge in [0.1, 0.15) is 0 Å². The van der Waals surface area contributed by atoms with Crippen LogP contribution < -0.4 is 0 Å². The summed E-state index contributed by atoms with van der Waals surface area (Å²) < 4.78 is 0. The molecular formula is C8H11S. The summed E-state index contributed by atoms with van der Waals surface area (Å²) in [6.07, 6.45) is 2.08. The van der Waals surface area contributed by atoms with Gasteiger partial charge >= 0.3 is 0 Å². The van der Waals surface area contributed by atoms with Crippen molar-refractivity contribution in [3.8, 4) is 0 Å². The van der Waals surface area contributed by atoms with Crippen LogP contribution in [0.1, 0.15) is 17.4 Å². The fourth-order valence-electron chi connectivity index (χ4n) is 0.743. The molecular weight excluding hydrogens is 128 g/mol. The van der Waals surface area contributed by atoms with Crippen LogP contribution >= 0.6 is 11.3 Å². The summed E-state index contributed by atoms with van der Waals surface area (Å²) in [4.78, 5) is 1.47. The Morgan fingerprint density at radius 1 is 1.67 bits per heavy atom. The molecule has 0 bridgehead atoms. The van der Waals surface area contributed by atoms with Crippen LogP contribution in [-0.2, 0) is 12.8 Å². The van der Waals surface area contributed by atoms with E-state index in [0.717, 1.165) is 12.8 Å². The van der Waals surface area contributed by atoms with Crippen LogP contribution in [0.25, 0.3) is 0 Å². The predicted octanol–water partition coefficient (Wildman–Crippen LogP) is 2.69. The number of thiophene rings is 1. The van der Waals surface area contributed by atoms with Gasteiger partial charge in [0.2, 0.25) is 0 Å². The van der Waals surface area contributed by atoms with Gasteiger partial charge in [0.15, 0.2) is 0 Å². The van der Waals surface area contributed by atoms with Crippen molar-refractivity contribution in [2.75, 3.05) is 0 Å². The molecule has 1 aromatic rings. The van der Waals surface area contributed by atoms with Crippen molar-refractivity contribution in [1.29, 1.82) is 0 Å². The second-order valence-electron chi connectivity index (χ2n) is 2.02. The summed E-state index contributed by atoms with van der Waals surface area (Å²) in [5.74, 6) is 0. The van der Waals surface area contributed by atoms with E-state index in [1.54, 1.807) is 0 Å². The highest BCUT2D eigenvalue weighted by Crippen LogP contribution is 2.14. The summed E-state index contributed by atoms with van der Waals surface area (Å²) in [5, 5.41) is 2.19. The Labute approximate surface area is 60.5 Å². The first-order valence-corrected chi connectivity index (χ1v) is 4.10. The van der Waals surface area contributed by atoms with Crippen molar-refractivity contribution < 1.29 is 0 Å². The largest absolute Gasteiger partial charge is 0.149 e. The molecule has 0 atom stereocenters. The first-order chi connectivity index (χ1) is 4.36. The lowest BCUT2D eigenvalue weighted by molar-refractivity contribution is 1.17. The minimum Gasteiger partial charge on any atom is -0.149 e. The van der Waals surface area contributed by atoms with Crippen LogP contribution in [-0.4, -0.2) is 0 Å². The van der Waals surface area contributed by atoms with E-state index in [0.29, 0.717) is 0 Å². The summed E-state index contributed by atoms with van der Waals surface area (Å²) in [7, 11) is 0. The molecule has 0 saturated heterocycles. The highest BCUT2D eigenvalue weighted by atomic mass is 32.1. The number of rotatable bonds is 2. The molecule has 0 aromatic carbocycles. The molecule has 0 unspecified atom stereocenters. The molecule has 0 amide bonds. The molecule has 1 rings (SSSR count). The zero-order chi connectivity index (χ0) is 6.69. The molecule has 0 saturated carbocycles. The average Bonchev–Trinajstić information content (AvgIpc) is 2.34. The van der Waals surface area contributed by atoms with Gasteiger partial charge in [-0.05, 0) is 36.8 Å². The molecule has 1 heteroatoms. The second-order valence-corrected chi connectivity index (χ2v) is 3.02. The molecule has 1 radical (unpaired) electrons. The van der Waals surface area contributed by atoms with Crippen LogP contribution in [0.2, 0.25) is 0 Å². The molecule has 0 spiro atoms. The maximum Gasteiger partial charge on any atom is 0.00453 e. The van der Waals surface area contributed by atoms with Crippen LogP contribution in [0.4, 0.5) is 0 Å². The topological polar surface area (TPSA) is 0 Å². The SMILES string of the molecule is [CH2]Cc1csc(CC)c1. The van der Waals surface area contributed by atoms with E-state index < -0.39 is 0 Å². The predicted molar refractivity (Wildman–Crippen MR) is 42.8 cm³/mol. The monoisotopic (exact) mass is 139 g/mol. The lowest BCUT2D eigenvalue weighted by Crippen LogP contribution is -1.71. The number of aryl methyl sites for hydroxylation is 1. The quantitative estimate of drug-likeness (QED) is 0.591. The third-order valence-electron chi connectivity index (χ3n) is 1.35. The van der Waals surface area contributed by atoms with Gasteiger partial charge in [0, 0.05) is 4.88 Å². The molecule has 1 aromatic heterocycles. The number of hydrogen-bond donors (Lipinski definition) is 0. The minimum absolute atomic E-state index is 0.927. The Morgan fingerprint density at radius 2 is 2.44 bits per heavy atom. The van der Waals surface area contributed by atoms with Crippen molar-refractivity contribution in [1.82, 2.24) is 0 Å². The van der Waals surface area contributed by atoms with Gasteiger partial charge in [-0.3, -0.25) is 0 Å². The van der Waals surface area contributed by atoms with Gasteiger partial charge in [-0.2, -0.15) is 0 Å². The van der Waals surface area contributed by atoms with E-state index >= 15 is 0 Å². The third kappa shape index (κ3) is 1.55. The van der Waals surface area contributed by atoms with E-state index in [1.165, 1.54) is 10.4 Å². The second kappa shape index (κ2) is 3.02. The van der Waals surface area contributed by atoms with Crippen molar-refractivity contribution in [2.45, 2.75) is 19.8 Å². The van der Waals surface area contributed by atoms with E-state index in [9.17, 15) is 0 Å². The van der Waals surface area contributed by atoms with Crippen LogP contribution in [0.15, 0.2) is 11.4 Å². The Kier molecular flexibility index (Phi) is 2.29. The highest BCUT2D eigenvalue weighted by Gasteiger charge is 1.93. The minimum atomic E-state index is 0.927. The zero-order valence-electron chi connectivity index (χ0n) is 5.68. The molecule has 0 aliphatic heterocycles. The average molecular weight is 139 g/mol. The Morgan fingerprint density at radius 3 is 2.78 bits per heavy atom. The van der Waals surface area contributed by atoms with Gasteiger partial charge in [-0.25, -0.2) is 0 Å². The van der Waals surface area contributed by atoms with Crippen molar-refractivity contribution in [2.24, 2.45) is 0 Å². The summed E-state index contributed by atoms with van der Waals surface area (Å²) >= 11 is 1.83. The van der Waals surface area contributed by atoms with E-state index in [2.05, 4.69) is 25.3 Å². The lowest BCUT2D eigenvalue weighted by atomic mass is 10.2. The Bertz CT molecular complexity index is 158. The third-order valence-corrected chi connectivity index (χ3v) is 2.48. The van der Waals surface area contributed by atoms with Crippen molar-refractivity contribution in [3.63, 3.8) is 0 Å². The zero-order valence-corrected chi connectivity index (χ0v) is 6.50. The summed E-state index contributed by atoms with van der Waals surface area (Å²) in [6.45, 7) is 5.99. The van der Waals surface area contributed by atoms with E-state index in [4.69, 9.17) is 0 Å². The Hall–Kier alpha value is -0.300. The van der Waals surface area contributed by atoms with E-state index in [1.807, 2.05) is 11.3 Å².